The lowest BCUT2D eigenvalue weighted by atomic mass is 10.2. The molecule has 1 heterocycles. The van der Waals surface area contributed by atoms with E-state index in [1.54, 1.807) is 11.9 Å². The summed E-state index contributed by atoms with van der Waals surface area (Å²) in [5.74, 6) is -0.895. The molecule has 1 fully saturated rings. The average molecular weight is 214 g/mol. The predicted molar refractivity (Wildman–Crippen MR) is 50.8 cm³/mol. The molecule has 84 valence electrons. The summed E-state index contributed by atoms with van der Waals surface area (Å²) in [7, 11) is 3.01. The molecule has 0 bridgehead atoms. The summed E-state index contributed by atoms with van der Waals surface area (Å²) < 4.78 is 4.48. The van der Waals surface area contributed by atoms with E-state index in [4.69, 9.17) is 0 Å². The molecule has 1 atom stereocenters. The van der Waals surface area contributed by atoms with Crippen LogP contribution in [-0.2, 0) is 19.1 Å². The van der Waals surface area contributed by atoms with E-state index in [9.17, 15) is 14.4 Å². The number of carbonyl (C=O) groups excluding carboxylic acids is 3. The Morgan fingerprint density at radius 2 is 2.27 bits per heavy atom. The van der Waals surface area contributed by atoms with Crippen LogP contribution < -0.4 is 5.32 Å². The second kappa shape index (κ2) is 4.88. The first-order valence-electron chi connectivity index (χ1n) is 4.65. The van der Waals surface area contributed by atoms with Gasteiger partial charge in [-0.05, 0) is 7.05 Å². The Morgan fingerprint density at radius 3 is 2.73 bits per heavy atom. The number of carbonyl (C=O) groups is 3. The molecule has 6 nitrogen and oxygen atoms in total. The van der Waals surface area contributed by atoms with Crippen molar-refractivity contribution in [2.75, 3.05) is 20.7 Å². The summed E-state index contributed by atoms with van der Waals surface area (Å²) in [6, 6.07) is -0.456. The third-order valence-electron chi connectivity index (χ3n) is 2.37. The van der Waals surface area contributed by atoms with Crippen molar-refractivity contribution in [3.05, 3.63) is 0 Å². The van der Waals surface area contributed by atoms with Gasteiger partial charge in [0, 0.05) is 6.54 Å². The van der Waals surface area contributed by atoms with Crippen LogP contribution in [0.25, 0.3) is 0 Å². The molecule has 0 aromatic rings. The van der Waals surface area contributed by atoms with Gasteiger partial charge in [-0.1, -0.05) is 0 Å². The molecule has 0 spiro atoms. The highest BCUT2D eigenvalue weighted by Crippen LogP contribution is 2.09. The van der Waals surface area contributed by atoms with Crippen LogP contribution in [0.15, 0.2) is 0 Å². The maximum Gasteiger partial charge on any atom is 0.306 e. The molecule has 1 aliphatic rings. The minimum Gasteiger partial charge on any atom is -0.469 e. The van der Waals surface area contributed by atoms with Crippen LogP contribution in [0.5, 0.6) is 0 Å². The van der Waals surface area contributed by atoms with E-state index in [-0.39, 0.29) is 30.6 Å². The summed E-state index contributed by atoms with van der Waals surface area (Å²) in [5, 5.41) is 2.21. The molecule has 6 heteroatoms. The van der Waals surface area contributed by atoms with Gasteiger partial charge in [-0.2, -0.15) is 0 Å². The number of esters is 1. The summed E-state index contributed by atoms with van der Waals surface area (Å²) in [5.41, 5.74) is 0. The minimum absolute atomic E-state index is 0.163. The Balaban J connectivity index is 2.40. The smallest absolute Gasteiger partial charge is 0.306 e. The molecule has 1 rings (SSSR count). The van der Waals surface area contributed by atoms with Gasteiger partial charge in [0.25, 0.3) is 0 Å². The van der Waals surface area contributed by atoms with Crippen LogP contribution in [0.4, 0.5) is 0 Å². The highest BCUT2D eigenvalue weighted by molar-refractivity contribution is 6.05. The maximum absolute atomic E-state index is 11.3. The van der Waals surface area contributed by atoms with Crippen LogP contribution in [-0.4, -0.2) is 49.4 Å². The van der Waals surface area contributed by atoms with E-state index in [1.165, 1.54) is 7.11 Å². The van der Waals surface area contributed by atoms with Gasteiger partial charge in [-0.25, -0.2) is 0 Å². The second-order valence-electron chi connectivity index (χ2n) is 3.44. The lowest BCUT2D eigenvalue weighted by Gasteiger charge is -2.20. The van der Waals surface area contributed by atoms with Gasteiger partial charge in [-0.15, -0.1) is 0 Å². The Kier molecular flexibility index (Phi) is 3.79. The number of nitrogens with one attached hydrogen (secondary N) is 1. The molecular weight excluding hydrogens is 200 g/mol. The number of imide groups is 1. The zero-order valence-corrected chi connectivity index (χ0v) is 8.78. The van der Waals surface area contributed by atoms with Crippen LogP contribution in [0.1, 0.15) is 12.8 Å². The highest BCUT2D eigenvalue weighted by atomic mass is 16.5. The van der Waals surface area contributed by atoms with Crippen molar-refractivity contribution in [2.45, 2.75) is 18.9 Å². The molecule has 1 unspecified atom stereocenters. The van der Waals surface area contributed by atoms with Gasteiger partial charge in [-0.3, -0.25) is 24.6 Å². The molecule has 1 N–H and O–H groups in total. The fourth-order valence-electron chi connectivity index (χ4n) is 1.42. The fraction of sp³-hybridized carbons (Fsp3) is 0.667. The Morgan fingerprint density at radius 1 is 1.60 bits per heavy atom. The third kappa shape index (κ3) is 3.02. The van der Waals surface area contributed by atoms with Crippen molar-refractivity contribution in [1.29, 1.82) is 0 Å². The third-order valence-corrected chi connectivity index (χ3v) is 2.37. The molecule has 0 aliphatic carbocycles. The van der Waals surface area contributed by atoms with Gasteiger partial charge in [0.05, 0.1) is 26.0 Å². The van der Waals surface area contributed by atoms with Crippen LogP contribution in [0.2, 0.25) is 0 Å². The standard InChI is InChI=1S/C9H14N2O4/c1-11(4-3-8(13)15-2)6-5-7(12)10-9(6)14/h6H,3-5H2,1-2H3,(H,10,12,14). The first kappa shape index (κ1) is 11.6. The number of ether oxygens (including phenoxy) is 1. The number of likely N-dealkylation sites (N-methyl/N-ethyl adjacent to an activating group) is 1. The molecule has 1 aliphatic heterocycles. The van der Waals surface area contributed by atoms with Crippen molar-refractivity contribution < 1.29 is 19.1 Å². The van der Waals surface area contributed by atoms with Crippen LogP contribution >= 0.6 is 0 Å². The van der Waals surface area contributed by atoms with Crippen LogP contribution in [0.3, 0.4) is 0 Å². The molecule has 1 saturated heterocycles. The number of nitrogens with zero attached hydrogens (tertiary/aromatic N) is 1. The maximum atomic E-state index is 11.3. The summed E-state index contributed by atoms with van der Waals surface area (Å²) in [6.45, 7) is 0.401. The molecule has 0 aromatic heterocycles. The SMILES string of the molecule is COC(=O)CCN(C)C1CC(=O)NC1=O. The van der Waals surface area contributed by atoms with E-state index in [0.29, 0.717) is 6.54 Å². The fourth-order valence-corrected chi connectivity index (χ4v) is 1.42. The zero-order chi connectivity index (χ0) is 11.4. The van der Waals surface area contributed by atoms with Gasteiger partial charge in [0.2, 0.25) is 11.8 Å². The molecule has 2 amide bonds. The van der Waals surface area contributed by atoms with Gasteiger partial charge in [0.1, 0.15) is 0 Å². The van der Waals surface area contributed by atoms with E-state index in [1.807, 2.05) is 0 Å². The number of hydrogen-bond donors (Lipinski definition) is 1. The summed E-state index contributed by atoms with van der Waals surface area (Å²) in [4.78, 5) is 34.7. The van der Waals surface area contributed by atoms with E-state index in [0.717, 1.165) is 0 Å². The largest absolute Gasteiger partial charge is 0.469 e. The number of amides is 2. The first-order valence-corrected chi connectivity index (χ1v) is 4.65. The number of rotatable bonds is 4. The zero-order valence-electron chi connectivity index (χ0n) is 8.78. The van der Waals surface area contributed by atoms with Gasteiger partial charge < -0.3 is 4.74 Å². The summed E-state index contributed by atoms with van der Waals surface area (Å²) >= 11 is 0. The first-order chi connectivity index (χ1) is 7.04. The van der Waals surface area contributed by atoms with Crippen molar-refractivity contribution in [1.82, 2.24) is 10.2 Å². The van der Waals surface area contributed by atoms with E-state index < -0.39 is 6.04 Å². The predicted octanol–water partition coefficient (Wildman–Crippen LogP) is -1.10. The molecule has 0 saturated carbocycles. The average Bonchev–Trinajstić information content (AvgIpc) is 2.53. The van der Waals surface area contributed by atoms with Crippen molar-refractivity contribution in [3.8, 4) is 0 Å². The summed E-state index contributed by atoms with van der Waals surface area (Å²) in [6.07, 6.45) is 0.376. The molecule has 0 aromatic carbocycles. The number of hydrogen-bond acceptors (Lipinski definition) is 5. The molecular formula is C9H14N2O4. The number of methoxy groups -OCH3 is 1. The van der Waals surface area contributed by atoms with E-state index in [2.05, 4.69) is 10.1 Å². The van der Waals surface area contributed by atoms with Gasteiger partial charge >= 0.3 is 5.97 Å². The van der Waals surface area contributed by atoms with Gasteiger partial charge in [0.15, 0.2) is 0 Å². The second-order valence-corrected chi connectivity index (χ2v) is 3.44. The molecule has 0 radical (unpaired) electrons. The van der Waals surface area contributed by atoms with E-state index >= 15 is 0 Å². The van der Waals surface area contributed by atoms with Crippen LogP contribution in [0, 0.1) is 0 Å². The topological polar surface area (TPSA) is 75.7 Å². The van der Waals surface area contributed by atoms with Crippen molar-refractivity contribution >= 4 is 17.8 Å². The van der Waals surface area contributed by atoms with Crippen molar-refractivity contribution in [3.63, 3.8) is 0 Å². The normalized spacial score (nSPS) is 20.6. The Bertz CT molecular complexity index is 290. The lowest BCUT2D eigenvalue weighted by Crippen LogP contribution is -2.39. The Hall–Kier alpha value is -1.43. The quantitative estimate of drug-likeness (QED) is 0.474. The molecule has 15 heavy (non-hydrogen) atoms. The monoisotopic (exact) mass is 214 g/mol. The van der Waals surface area contributed by atoms with Crippen molar-refractivity contribution in [2.24, 2.45) is 0 Å². The Labute approximate surface area is 87.6 Å². The minimum atomic E-state index is -0.456. The highest BCUT2D eigenvalue weighted by Gasteiger charge is 2.33. The lowest BCUT2D eigenvalue weighted by molar-refractivity contribution is -0.141.